The minimum Gasteiger partial charge on any atom is -0.358 e. The molecular formula is C16H24O4P+. The number of hydrogen-bond acceptors (Lipinski definition) is 4. The smallest absolute Gasteiger partial charge is 0.358 e. The third kappa shape index (κ3) is 5.66. The normalized spacial score (nSPS) is 14.5. The van der Waals surface area contributed by atoms with E-state index in [0.29, 0.717) is 6.61 Å². The first-order valence-electron chi connectivity index (χ1n) is 7.33. The molecule has 1 rings (SSSR count). The van der Waals surface area contributed by atoms with Crippen LogP contribution in [0.2, 0.25) is 0 Å². The summed E-state index contributed by atoms with van der Waals surface area (Å²) in [6.45, 7) is 2.62. The summed E-state index contributed by atoms with van der Waals surface area (Å²) in [5.41, 5.74) is -0.465. The van der Waals surface area contributed by atoms with Crippen LogP contribution < -0.4 is 0 Å². The van der Waals surface area contributed by atoms with E-state index in [0.717, 1.165) is 37.5 Å². The first-order valence-corrected chi connectivity index (χ1v) is 8.69. The standard InChI is InChI=1S/C16H24O4P/c1-3-4-5-9-12-20-16(13-17,14-21(18)19-2)15-10-7-6-8-11-15/h6-8,10-11,13H,3-5,9,12,14H2,1-2H3/q+1. The zero-order valence-electron chi connectivity index (χ0n) is 12.8. The number of hydrogen-bond donors (Lipinski definition) is 0. The average Bonchev–Trinajstić information content (AvgIpc) is 2.54. The summed E-state index contributed by atoms with van der Waals surface area (Å²) in [6, 6.07) is 9.19. The molecule has 0 N–H and O–H groups in total. The Kier molecular flexibility index (Phi) is 8.36. The molecule has 0 bridgehead atoms. The molecule has 0 fully saturated rings. The van der Waals surface area contributed by atoms with Crippen LogP contribution in [0.5, 0.6) is 0 Å². The molecule has 2 unspecified atom stereocenters. The van der Waals surface area contributed by atoms with Crippen molar-refractivity contribution in [2.75, 3.05) is 19.9 Å². The fourth-order valence-corrected chi connectivity index (χ4v) is 2.98. The lowest BCUT2D eigenvalue weighted by Gasteiger charge is -2.24. The lowest BCUT2D eigenvalue weighted by Crippen LogP contribution is -2.35. The van der Waals surface area contributed by atoms with Gasteiger partial charge >= 0.3 is 8.03 Å². The van der Waals surface area contributed by atoms with Crippen molar-refractivity contribution >= 4 is 14.3 Å². The van der Waals surface area contributed by atoms with Gasteiger partial charge in [-0.25, -0.2) is 0 Å². The van der Waals surface area contributed by atoms with Gasteiger partial charge in [0.2, 0.25) is 6.16 Å². The molecule has 0 aliphatic heterocycles. The van der Waals surface area contributed by atoms with Crippen molar-refractivity contribution in [1.29, 1.82) is 0 Å². The number of ether oxygens (including phenoxy) is 1. The van der Waals surface area contributed by atoms with Gasteiger partial charge in [-0.1, -0.05) is 56.5 Å². The van der Waals surface area contributed by atoms with Crippen LogP contribution >= 0.6 is 8.03 Å². The Morgan fingerprint density at radius 2 is 1.90 bits per heavy atom. The molecule has 2 atom stereocenters. The molecule has 0 spiro atoms. The fourth-order valence-electron chi connectivity index (χ4n) is 2.12. The van der Waals surface area contributed by atoms with Gasteiger partial charge in [0.15, 0.2) is 11.9 Å². The van der Waals surface area contributed by atoms with E-state index in [1.807, 2.05) is 30.3 Å². The largest absolute Gasteiger partial charge is 0.511 e. The van der Waals surface area contributed by atoms with Crippen LogP contribution in [-0.4, -0.2) is 26.2 Å². The van der Waals surface area contributed by atoms with Gasteiger partial charge in [-0.2, -0.15) is 0 Å². The molecule has 1 aromatic carbocycles. The van der Waals surface area contributed by atoms with Crippen molar-refractivity contribution in [1.82, 2.24) is 0 Å². The predicted molar refractivity (Wildman–Crippen MR) is 83.8 cm³/mol. The van der Waals surface area contributed by atoms with E-state index in [4.69, 9.17) is 9.26 Å². The van der Waals surface area contributed by atoms with Crippen molar-refractivity contribution in [2.45, 2.75) is 38.2 Å². The highest BCUT2D eigenvalue weighted by Crippen LogP contribution is 2.35. The van der Waals surface area contributed by atoms with E-state index in [1.54, 1.807) is 0 Å². The van der Waals surface area contributed by atoms with Gasteiger partial charge in [0, 0.05) is 6.61 Å². The van der Waals surface area contributed by atoms with Crippen LogP contribution in [0.25, 0.3) is 0 Å². The Bertz CT molecular complexity index is 435. The Morgan fingerprint density at radius 1 is 1.19 bits per heavy atom. The maximum absolute atomic E-state index is 11.8. The van der Waals surface area contributed by atoms with Gasteiger partial charge in [-0.3, -0.25) is 4.79 Å². The summed E-state index contributed by atoms with van der Waals surface area (Å²) in [5.74, 6) is 0. The minimum atomic E-state index is -1.93. The third-order valence-corrected chi connectivity index (χ3v) is 4.51. The lowest BCUT2D eigenvalue weighted by molar-refractivity contribution is -0.130. The van der Waals surface area contributed by atoms with Gasteiger partial charge in [-0.05, 0) is 16.5 Å². The van der Waals surface area contributed by atoms with Crippen LogP contribution in [0.3, 0.4) is 0 Å². The first kappa shape index (κ1) is 18.0. The first-order chi connectivity index (χ1) is 10.2. The number of unbranched alkanes of at least 4 members (excludes halogenated alkanes) is 3. The summed E-state index contributed by atoms with van der Waals surface area (Å²) in [7, 11) is -0.554. The van der Waals surface area contributed by atoms with E-state index in [1.165, 1.54) is 7.11 Å². The fraction of sp³-hybridized carbons (Fsp3) is 0.562. The minimum absolute atomic E-state index is 0.0418. The zero-order valence-corrected chi connectivity index (χ0v) is 13.7. The molecule has 0 radical (unpaired) electrons. The molecule has 4 nitrogen and oxygen atoms in total. The Labute approximate surface area is 127 Å². The van der Waals surface area contributed by atoms with E-state index in [2.05, 4.69) is 6.92 Å². The molecular weight excluding hydrogens is 287 g/mol. The number of rotatable bonds is 11. The second kappa shape index (κ2) is 9.78. The van der Waals surface area contributed by atoms with Gasteiger partial charge in [0.25, 0.3) is 0 Å². The Balaban J connectivity index is 2.82. The van der Waals surface area contributed by atoms with Crippen LogP contribution in [0.15, 0.2) is 30.3 Å². The van der Waals surface area contributed by atoms with Crippen molar-refractivity contribution in [3.8, 4) is 0 Å². The average molecular weight is 311 g/mol. The van der Waals surface area contributed by atoms with Gasteiger partial charge in [-0.15, -0.1) is 4.52 Å². The van der Waals surface area contributed by atoms with Crippen molar-refractivity contribution < 1.29 is 18.6 Å². The SMILES string of the molecule is CCCCCCOC(C=O)(C[P+](=O)OC)c1ccccc1. The second-order valence-corrected chi connectivity index (χ2v) is 6.30. The lowest BCUT2D eigenvalue weighted by atomic mass is 9.97. The number of carbonyl (C=O) groups excluding carboxylic acids is 1. The summed E-state index contributed by atoms with van der Waals surface area (Å²) >= 11 is 0. The van der Waals surface area contributed by atoms with Gasteiger partial charge in [0.1, 0.15) is 0 Å². The summed E-state index contributed by atoms with van der Waals surface area (Å²) in [4.78, 5) is 11.7. The molecule has 0 heterocycles. The summed E-state index contributed by atoms with van der Waals surface area (Å²) in [6.07, 6.45) is 5.04. The maximum atomic E-state index is 11.8. The quantitative estimate of drug-likeness (QED) is 0.351. The zero-order chi connectivity index (χ0) is 15.6. The second-order valence-electron chi connectivity index (χ2n) is 4.96. The third-order valence-electron chi connectivity index (χ3n) is 3.38. The monoisotopic (exact) mass is 311 g/mol. The van der Waals surface area contributed by atoms with Crippen LogP contribution in [-0.2, 0) is 24.2 Å². The Morgan fingerprint density at radius 3 is 2.48 bits per heavy atom. The topological polar surface area (TPSA) is 52.6 Å². The van der Waals surface area contributed by atoms with Crippen molar-refractivity contribution in [3.63, 3.8) is 0 Å². The van der Waals surface area contributed by atoms with E-state index in [9.17, 15) is 9.36 Å². The molecule has 21 heavy (non-hydrogen) atoms. The van der Waals surface area contributed by atoms with Gasteiger partial charge in [0.05, 0.1) is 7.11 Å². The van der Waals surface area contributed by atoms with Crippen LogP contribution in [0.1, 0.15) is 38.2 Å². The molecule has 0 amide bonds. The highest BCUT2D eigenvalue weighted by atomic mass is 31.1. The number of aldehydes is 1. The van der Waals surface area contributed by atoms with Gasteiger partial charge < -0.3 is 4.74 Å². The predicted octanol–water partition coefficient (Wildman–Crippen LogP) is 4.07. The molecule has 0 saturated heterocycles. The van der Waals surface area contributed by atoms with E-state index < -0.39 is 13.6 Å². The molecule has 0 aliphatic carbocycles. The van der Waals surface area contributed by atoms with Crippen molar-refractivity contribution in [3.05, 3.63) is 35.9 Å². The Hall–Kier alpha value is -1.09. The number of carbonyl (C=O) groups is 1. The molecule has 116 valence electrons. The maximum Gasteiger partial charge on any atom is 0.511 e. The number of benzene rings is 1. The molecule has 0 saturated carbocycles. The summed E-state index contributed by atoms with van der Waals surface area (Å²) in [5, 5.41) is 0. The van der Waals surface area contributed by atoms with Crippen molar-refractivity contribution in [2.24, 2.45) is 0 Å². The highest BCUT2D eigenvalue weighted by Gasteiger charge is 2.42. The summed E-state index contributed by atoms with van der Waals surface area (Å²) < 4.78 is 22.5. The molecule has 0 aromatic heterocycles. The van der Waals surface area contributed by atoms with E-state index in [-0.39, 0.29) is 6.16 Å². The van der Waals surface area contributed by atoms with E-state index >= 15 is 0 Å². The highest BCUT2D eigenvalue weighted by molar-refractivity contribution is 7.39. The molecule has 0 aliphatic rings. The van der Waals surface area contributed by atoms with Crippen LogP contribution in [0, 0.1) is 0 Å². The van der Waals surface area contributed by atoms with Crippen LogP contribution in [0.4, 0.5) is 0 Å². The molecule has 1 aromatic rings. The molecule has 5 heteroatoms.